The van der Waals surface area contributed by atoms with Gasteiger partial charge in [0.2, 0.25) is 0 Å². The predicted molar refractivity (Wildman–Crippen MR) is 244 cm³/mol. The molecule has 8 aromatic rings. The van der Waals surface area contributed by atoms with E-state index in [9.17, 15) is 26.3 Å². The lowest BCUT2D eigenvalue weighted by molar-refractivity contribution is -0.138. The molecule has 0 unspecified atom stereocenters. The molecule has 342 valence electrons. The van der Waals surface area contributed by atoms with Gasteiger partial charge in [-0.25, -0.2) is 19.9 Å². The fourth-order valence-electron chi connectivity index (χ4n) is 6.71. The molecule has 8 rings (SSSR count). The van der Waals surface area contributed by atoms with Gasteiger partial charge in [-0.2, -0.15) is 26.3 Å². The Morgan fingerprint density at radius 3 is 1.59 bits per heavy atom. The summed E-state index contributed by atoms with van der Waals surface area (Å²) < 4.78 is 94.4. The third kappa shape index (κ3) is 10.9. The Morgan fingerprint density at radius 1 is 0.667 bits per heavy atom. The summed E-state index contributed by atoms with van der Waals surface area (Å²) in [6, 6.07) is 22.4. The topological polar surface area (TPSA) is 146 Å². The van der Waals surface area contributed by atoms with Crippen LogP contribution in [-0.2, 0) is 25.4 Å². The number of likely N-dealkylation sites (N-methyl/N-ethyl adjacent to an activating group) is 1. The van der Waals surface area contributed by atoms with Gasteiger partial charge < -0.3 is 39.9 Å². The molecule has 4 N–H and O–H groups in total. The number of aromatic nitrogens is 6. The van der Waals surface area contributed by atoms with E-state index in [4.69, 9.17) is 38.4 Å². The third-order valence-corrected chi connectivity index (χ3v) is 10.5. The van der Waals surface area contributed by atoms with Gasteiger partial charge in [-0.15, -0.1) is 12.4 Å². The number of guanidine groups is 1. The van der Waals surface area contributed by atoms with Crippen molar-refractivity contribution in [3.8, 4) is 23.0 Å². The van der Waals surface area contributed by atoms with E-state index in [-0.39, 0.29) is 45.5 Å². The Hall–Kier alpha value is -6.96. The maximum Gasteiger partial charge on any atom is 0.416 e. The van der Waals surface area contributed by atoms with Crippen LogP contribution in [0.5, 0.6) is 23.0 Å². The Morgan fingerprint density at radius 2 is 1.14 bits per heavy atom. The van der Waals surface area contributed by atoms with Crippen LogP contribution in [0.3, 0.4) is 0 Å². The Balaban J connectivity index is 0.00000648. The standard InChI is InChI=1S/C44H35Cl2F6N11O2.ClH/c1-61(18-19-63-16-13-35-39(63)41(58-25-56-35)60-29-9-11-37(33(46)23-29)65-31-7-3-5-27(21-31)44(50,51)52)42(53)54-14-17-62-15-12-34-38(62)40(57-24-55-34)59-28-8-10-36(32(45)22-28)64-30-6-2-4-26(20-30)43(47,48)49;/h2-13,15-16,20-25H,14,17-19H2,1H3,(H2,53,54)(H,55,57,59)(H,56,58,60);1H. The molecule has 66 heavy (non-hydrogen) atoms. The first-order chi connectivity index (χ1) is 31.1. The van der Waals surface area contributed by atoms with Gasteiger partial charge in [-0.05, 0) is 84.9 Å². The lowest BCUT2D eigenvalue weighted by Crippen LogP contribution is -2.36. The largest absolute Gasteiger partial charge is 0.456 e. The van der Waals surface area contributed by atoms with E-state index in [1.165, 1.54) is 36.9 Å². The average molecular weight is 971 g/mol. The summed E-state index contributed by atoms with van der Waals surface area (Å²) in [6.45, 7) is 1.71. The zero-order chi connectivity index (χ0) is 45.9. The second-order valence-corrected chi connectivity index (χ2v) is 15.2. The molecule has 0 aliphatic rings. The molecule has 0 atom stereocenters. The number of halogens is 9. The van der Waals surface area contributed by atoms with Crippen molar-refractivity contribution in [1.82, 2.24) is 34.0 Å². The lowest BCUT2D eigenvalue weighted by atomic mass is 10.2. The van der Waals surface area contributed by atoms with E-state index >= 15 is 0 Å². The number of rotatable bonds is 14. The SMILES string of the molecule is CN(CCn1ccc2ncnc(Nc3ccc(Oc4cccc(C(F)(F)F)c4)c(Cl)c3)c21)C(N)=NCCn1ccc2ncnc(Nc3ccc(Oc4cccc(C(F)(F)F)c4)c(Cl)c3)c21.Cl. The van der Waals surface area contributed by atoms with Crippen molar-refractivity contribution in [3.63, 3.8) is 0 Å². The maximum atomic E-state index is 13.2. The zero-order valence-electron chi connectivity index (χ0n) is 34.3. The smallest absolute Gasteiger partial charge is 0.416 e. The number of hydrogen-bond donors (Lipinski definition) is 3. The van der Waals surface area contributed by atoms with Crippen molar-refractivity contribution in [3.05, 3.63) is 143 Å². The van der Waals surface area contributed by atoms with Crippen molar-refractivity contribution < 1.29 is 35.8 Å². The molecule has 4 heterocycles. The maximum absolute atomic E-state index is 13.2. The number of hydrogen-bond acceptors (Lipinski definition) is 9. The van der Waals surface area contributed by atoms with Gasteiger partial charge in [0, 0.05) is 50.5 Å². The molecule has 4 aromatic carbocycles. The molecular weight excluding hydrogens is 935 g/mol. The van der Waals surface area contributed by atoms with Crippen molar-refractivity contribution in [1.29, 1.82) is 0 Å². The molecule has 0 bridgehead atoms. The van der Waals surface area contributed by atoms with Gasteiger partial charge >= 0.3 is 12.4 Å². The Labute approximate surface area is 388 Å². The molecule has 0 saturated carbocycles. The summed E-state index contributed by atoms with van der Waals surface area (Å²) in [5, 5.41) is 6.83. The zero-order valence-corrected chi connectivity index (χ0v) is 36.6. The molecule has 0 radical (unpaired) electrons. The van der Waals surface area contributed by atoms with Crippen LogP contribution in [0.1, 0.15) is 11.1 Å². The first kappa shape index (κ1) is 47.0. The summed E-state index contributed by atoms with van der Waals surface area (Å²) in [7, 11) is 1.83. The van der Waals surface area contributed by atoms with Crippen molar-refractivity contribution >= 4 is 86.6 Å². The minimum Gasteiger partial charge on any atom is -0.456 e. The van der Waals surface area contributed by atoms with Gasteiger partial charge in [-0.1, -0.05) is 35.3 Å². The number of anilines is 4. The number of alkyl halides is 6. The lowest BCUT2D eigenvalue weighted by Gasteiger charge is -2.19. The van der Waals surface area contributed by atoms with E-state index in [1.54, 1.807) is 36.4 Å². The van der Waals surface area contributed by atoms with Crippen LogP contribution < -0.4 is 25.8 Å². The van der Waals surface area contributed by atoms with Crippen LogP contribution in [-0.4, -0.2) is 60.1 Å². The fraction of sp³-hybridized carbons (Fsp3) is 0.159. The van der Waals surface area contributed by atoms with Crippen LogP contribution >= 0.6 is 35.6 Å². The summed E-state index contributed by atoms with van der Waals surface area (Å²) in [5.74, 6) is 1.61. The molecule has 22 heteroatoms. The van der Waals surface area contributed by atoms with Crippen LogP contribution in [0.2, 0.25) is 10.0 Å². The number of nitrogens with zero attached hydrogens (tertiary/aromatic N) is 8. The Bertz CT molecular complexity index is 3030. The van der Waals surface area contributed by atoms with E-state index in [2.05, 4.69) is 35.6 Å². The Kier molecular flexibility index (Phi) is 14.0. The monoisotopic (exact) mass is 969 g/mol. The number of nitrogens with two attached hydrogens (primary N) is 1. The van der Waals surface area contributed by atoms with Crippen molar-refractivity contribution in [2.45, 2.75) is 25.4 Å². The van der Waals surface area contributed by atoms with E-state index in [1.807, 2.05) is 45.6 Å². The van der Waals surface area contributed by atoms with Gasteiger partial charge in [0.1, 0.15) is 46.7 Å². The van der Waals surface area contributed by atoms with E-state index in [0.29, 0.717) is 77.2 Å². The number of nitrogens with one attached hydrogen (secondary N) is 2. The first-order valence-corrected chi connectivity index (χ1v) is 20.3. The highest BCUT2D eigenvalue weighted by Gasteiger charge is 2.31. The van der Waals surface area contributed by atoms with Gasteiger partial charge in [0.25, 0.3) is 0 Å². The van der Waals surface area contributed by atoms with Crippen LogP contribution in [0.25, 0.3) is 22.1 Å². The minimum atomic E-state index is -4.52. The molecule has 0 fully saturated rings. The molecule has 0 amide bonds. The highest BCUT2D eigenvalue weighted by Crippen LogP contribution is 2.38. The van der Waals surface area contributed by atoms with Crippen molar-refractivity contribution in [2.75, 3.05) is 30.8 Å². The number of benzene rings is 4. The third-order valence-electron chi connectivity index (χ3n) is 9.95. The van der Waals surface area contributed by atoms with Crippen LogP contribution in [0, 0.1) is 0 Å². The highest BCUT2D eigenvalue weighted by molar-refractivity contribution is 6.32. The molecule has 4 aromatic heterocycles. The summed E-state index contributed by atoms with van der Waals surface area (Å²) in [6.07, 6.45) is -2.45. The second kappa shape index (κ2) is 19.6. The minimum absolute atomic E-state index is 0. The average Bonchev–Trinajstić information content (AvgIpc) is 3.89. The molecule has 0 aliphatic carbocycles. The summed E-state index contributed by atoms with van der Waals surface area (Å²) in [4.78, 5) is 24.1. The summed E-state index contributed by atoms with van der Waals surface area (Å²) >= 11 is 13.0. The molecule has 13 nitrogen and oxygen atoms in total. The van der Waals surface area contributed by atoms with Gasteiger partial charge in [0.15, 0.2) is 17.6 Å². The molecule has 0 spiro atoms. The van der Waals surface area contributed by atoms with Crippen LogP contribution in [0.4, 0.5) is 49.4 Å². The first-order valence-electron chi connectivity index (χ1n) is 19.5. The molecule has 0 aliphatic heterocycles. The number of ether oxygens (including phenoxy) is 2. The molecular formula is C44H36Cl3F6N11O2. The van der Waals surface area contributed by atoms with E-state index in [0.717, 1.165) is 24.3 Å². The molecule has 0 saturated heterocycles. The van der Waals surface area contributed by atoms with Crippen LogP contribution in [0.15, 0.2) is 127 Å². The van der Waals surface area contributed by atoms with Crippen molar-refractivity contribution in [2.24, 2.45) is 10.7 Å². The normalized spacial score (nSPS) is 12.0. The summed E-state index contributed by atoms with van der Waals surface area (Å²) in [5.41, 5.74) is 8.62. The van der Waals surface area contributed by atoms with Gasteiger partial charge in [0.05, 0.1) is 38.8 Å². The fourth-order valence-corrected chi connectivity index (χ4v) is 7.15. The number of fused-ring (bicyclic) bond motifs is 2. The predicted octanol–water partition coefficient (Wildman–Crippen LogP) is 12.0. The second-order valence-electron chi connectivity index (χ2n) is 14.4. The quantitative estimate of drug-likeness (QED) is 0.0547. The van der Waals surface area contributed by atoms with E-state index < -0.39 is 23.5 Å². The number of aliphatic imine (C=N–C) groups is 1. The van der Waals surface area contributed by atoms with Gasteiger partial charge in [-0.3, -0.25) is 4.99 Å². The highest BCUT2D eigenvalue weighted by atomic mass is 35.5.